The number of likely N-dealkylation sites (tertiary alicyclic amines) is 1. The van der Waals surface area contributed by atoms with Crippen molar-refractivity contribution in [2.45, 2.75) is 58.2 Å². The van der Waals surface area contributed by atoms with Gasteiger partial charge in [-0.15, -0.1) is 11.3 Å². The van der Waals surface area contributed by atoms with Crippen molar-refractivity contribution in [2.75, 3.05) is 52.4 Å². The lowest BCUT2D eigenvalue weighted by atomic mass is 10.1. The minimum Gasteiger partial charge on any atom is -0.376 e. The minimum absolute atomic E-state index is 0.287. The molecule has 3 rings (SSSR count). The Morgan fingerprint density at radius 2 is 2.14 bits per heavy atom. The normalized spacial score (nSPS) is 23.8. The maximum Gasteiger partial charge on any atom is 0.191 e. The zero-order valence-electron chi connectivity index (χ0n) is 18.4. The van der Waals surface area contributed by atoms with Crippen LogP contribution in [0.4, 0.5) is 0 Å². The zero-order chi connectivity index (χ0) is 20.5. The van der Waals surface area contributed by atoms with Gasteiger partial charge in [-0.2, -0.15) is 0 Å². The Kier molecular flexibility index (Phi) is 9.24. The molecule has 6 nitrogen and oxygen atoms in total. The number of thiophene rings is 1. The molecule has 1 aromatic heterocycles. The molecule has 0 bridgehead atoms. The molecule has 0 amide bonds. The summed E-state index contributed by atoms with van der Waals surface area (Å²) in [5.41, 5.74) is 0. The number of ether oxygens (including phenoxy) is 1. The smallest absolute Gasteiger partial charge is 0.191 e. The van der Waals surface area contributed by atoms with Crippen LogP contribution in [0.25, 0.3) is 0 Å². The second-order valence-corrected chi connectivity index (χ2v) is 9.17. The van der Waals surface area contributed by atoms with Crippen molar-refractivity contribution in [3.8, 4) is 0 Å². The molecule has 0 radical (unpaired) electrons. The van der Waals surface area contributed by atoms with E-state index in [2.05, 4.69) is 58.7 Å². The fourth-order valence-electron chi connectivity index (χ4n) is 4.30. The minimum atomic E-state index is 0.287. The first-order valence-electron chi connectivity index (χ1n) is 11.4. The predicted octanol–water partition coefficient (Wildman–Crippen LogP) is 2.94. The first-order chi connectivity index (χ1) is 14.2. The molecule has 29 heavy (non-hydrogen) atoms. The molecular formula is C22H39N5OS. The van der Waals surface area contributed by atoms with Crippen LogP contribution in [0.3, 0.4) is 0 Å². The highest BCUT2D eigenvalue weighted by molar-refractivity contribution is 7.10. The van der Waals surface area contributed by atoms with Crippen molar-refractivity contribution in [1.82, 2.24) is 20.4 Å². The highest BCUT2D eigenvalue weighted by Crippen LogP contribution is 2.27. The summed E-state index contributed by atoms with van der Waals surface area (Å²) >= 11 is 1.83. The van der Waals surface area contributed by atoms with Crippen LogP contribution in [0, 0.1) is 0 Å². The molecule has 2 aliphatic heterocycles. The van der Waals surface area contributed by atoms with Gasteiger partial charge in [-0.3, -0.25) is 9.89 Å². The number of nitrogens with zero attached hydrogens (tertiary/aromatic N) is 3. The Labute approximate surface area is 180 Å². The quantitative estimate of drug-likeness (QED) is 0.499. The molecule has 1 aromatic rings. The van der Waals surface area contributed by atoms with Crippen LogP contribution in [0.1, 0.15) is 51.0 Å². The van der Waals surface area contributed by atoms with Crippen LogP contribution >= 0.6 is 11.3 Å². The first kappa shape index (κ1) is 22.5. The van der Waals surface area contributed by atoms with E-state index >= 15 is 0 Å². The van der Waals surface area contributed by atoms with Crippen LogP contribution < -0.4 is 10.6 Å². The van der Waals surface area contributed by atoms with Crippen molar-refractivity contribution in [1.29, 1.82) is 0 Å². The van der Waals surface area contributed by atoms with Gasteiger partial charge in [0.05, 0.1) is 25.3 Å². The fourth-order valence-corrected chi connectivity index (χ4v) is 5.16. The van der Waals surface area contributed by atoms with E-state index in [1.54, 1.807) is 0 Å². The van der Waals surface area contributed by atoms with E-state index in [0.717, 1.165) is 38.7 Å². The lowest BCUT2D eigenvalue weighted by molar-refractivity contribution is -0.0327. The number of aliphatic imine (C=N–C) groups is 1. The Balaban J connectivity index is 1.62. The molecule has 7 heteroatoms. The average molecular weight is 422 g/mol. The summed E-state index contributed by atoms with van der Waals surface area (Å²) in [6, 6.07) is 5.23. The molecular weight excluding hydrogens is 382 g/mol. The molecule has 0 saturated carbocycles. The number of piperidine rings is 1. The number of guanidine groups is 1. The number of hydrogen-bond acceptors (Lipinski definition) is 5. The Hall–Kier alpha value is -1.15. The van der Waals surface area contributed by atoms with Gasteiger partial charge in [0.2, 0.25) is 0 Å². The van der Waals surface area contributed by atoms with Crippen molar-refractivity contribution in [3.63, 3.8) is 0 Å². The third kappa shape index (κ3) is 6.95. The number of morpholine rings is 1. The summed E-state index contributed by atoms with van der Waals surface area (Å²) in [5, 5.41) is 9.34. The van der Waals surface area contributed by atoms with Crippen molar-refractivity contribution in [2.24, 2.45) is 4.99 Å². The predicted molar refractivity (Wildman–Crippen MR) is 123 cm³/mol. The molecule has 2 fully saturated rings. The lowest BCUT2D eigenvalue weighted by Gasteiger charge is -2.36. The molecule has 2 aliphatic rings. The number of rotatable bonds is 8. The number of hydrogen-bond donors (Lipinski definition) is 2. The van der Waals surface area contributed by atoms with Crippen molar-refractivity contribution < 1.29 is 4.74 Å². The Morgan fingerprint density at radius 3 is 2.79 bits per heavy atom. The zero-order valence-corrected chi connectivity index (χ0v) is 19.2. The van der Waals surface area contributed by atoms with Gasteiger partial charge in [0.25, 0.3) is 0 Å². The van der Waals surface area contributed by atoms with Gasteiger partial charge in [0, 0.05) is 43.6 Å². The summed E-state index contributed by atoms with van der Waals surface area (Å²) in [7, 11) is 0. The van der Waals surface area contributed by atoms with E-state index in [4.69, 9.17) is 9.73 Å². The maximum atomic E-state index is 5.76. The van der Waals surface area contributed by atoms with E-state index in [-0.39, 0.29) is 6.10 Å². The molecule has 3 heterocycles. The highest BCUT2D eigenvalue weighted by Gasteiger charge is 2.26. The molecule has 164 valence electrons. The monoisotopic (exact) mass is 421 g/mol. The first-order valence-corrected chi connectivity index (χ1v) is 12.2. The molecule has 2 unspecified atom stereocenters. The fraction of sp³-hybridized carbons (Fsp3) is 0.773. The van der Waals surface area contributed by atoms with Gasteiger partial charge < -0.3 is 20.3 Å². The van der Waals surface area contributed by atoms with E-state index in [9.17, 15) is 0 Å². The SMILES string of the molecule is CCCN1CCC(NC(=NCC(c2cccs2)N2CCOC(C)C2)NCC)CC1. The average Bonchev–Trinajstić information content (AvgIpc) is 3.24. The van der Waals surface area contributed by atoms with E-state index < -0.39 is 0 Å². The van der Waals surface area contributed by atoms with Gasteiger partial charge in [-0.05, 0) is 51.1 Å². The molecule has 2 saturated heterocycles. The molecule has 2 atom stereocenters. The maximum absolute atomic E-state index is 5.76. The summed E-state index contributed by atoms with van der Waals surface area (Å²) in [4.78, 5) is 11.5. The second kappa shape index (κ2) is 11.9. The van der Waals surface area contributed by atoms with Gasteiger partial charge in [-0.25, -0.2) is 0 Å². The summed E-state index contributed by atoms with van der Waals surface area (Å²) < 4.78 is 5.76. The van der Waals surface area contributed by atoms with Crippen LogP contribution in [-0.4, -0.2) is 80.3 Å². The van der Waals surface area contributed by atoms with E-state index in [1.807, 2.05) is 11.3 Å². The Bertz CT molecular complexity index is 600. The highest BCUT2D eigenvalue weighted by atomic mass is 32.1. The van der Waals surface area contributed by atoms with Crippen LogP contribution in [0.5, 0.6) is 0 Å². The number of nitrogens with one attached hydrogen (secondary N) is 2. The van der Waals surface area contributed by atoms with Gasteiger partial charge in [0.15, 0.2) is 5.96 Å². The summed E-state index contributed by atoms with van der Waals surface area (Å²) in [5.74, 6) is 0.962. The van der Waals surface area contributed by atoms with Crippen LogP contribution in [0.2, 0.25) is 0 Å². The van der Waals surface area contributed by atoms with Gasteiger partial charge in [0.1, 0.15) is 0 Å². The molecule has 2 N–H and O–H groups in total. The molecule has 0 aliphatic carbocycles. The third-order valence-electron chi connectivity index (χ3n) is 5.82. The lowest BCUT2D eigenvalue weighted by Crippen LogP contribution is -2.49. The van der Waals surface area contributed by atoms with E-state index in [0.29, 0.717) is 12.1 Å². The van der Waals surface area contributed by atoms with Crippen molar-refractivity contribution >= 4 is 17.3 Å². The standard InChI is InChI=1S/C22H39N5OS/c1-4-10-26-11-8-19(9-12-26)25-22(23-5-2)24-16-20(21-7-6-15-29-21)27-13-14-28-18(3)17-27/h6-7,15,18-20H,4-5,8-14,16-17H2,1-3H3,(H2,23,24,25). The topological polar surface area (TPSA) is 52.1 Å². The largest absolute Gasteiger partial charge is 0.376 e. The van der Waals surface area contributed by atoms with Crippen LogP contribution in [-0.2, 0) is 4.74 Å². The molecule has 0 spiro atoms. The van der Waals surface area contributed by atoms with Crippen LogP contribution in [0.15, 0.2) is 22.5 Å². The van der Waals surface area contributed by atoms with Gasteiger partial charge >= 0.3 is 0 Å². The third-order valence-corrected chi connectivity index (χ3v) is 6.79. The van der Waals surface area contributed by atoms with E-state index in [1.165, 1.54) is 43.8 Å². The summed E-state index contributed by atoms with van der Waals surface area (Å²) in [6.07, 6.45) is 3.92. The molecule has 0 aromatic carbocycles. The summed E-state index contributed by atoms with van der Waals surface area (Å²) in [6.45, 7) is 14.6. The Morgan fingerprint density at radius 1 is 1.31 bits per heavy atom. The van der Waals surface area contributed by atoms with Gasteiger partial charge in [-0.1, -0.05) is 13.0 Å². The van der Waals surface area contributed by atoms with Crippen molar-refractivity contribution in [3.05, 3.63) is 22.4 Å². The second-order valence-electron chi connectivity index (χ2n) is 8.19.